The monoisotopic (exact) mass is 376 g/mol. The van der Waals surface area contributed by atoms with Gasteiger partial charge in [0.05, 0.1) is 17.7 Å². The van der Waals surface area contributed by atoms with Crippen LogP contribution in [0.4, 0.5) is 11.4 Å². The molecule has 0 saturated heterocycles. The van der Waals surface area contributed by atoms with E-state index in [9.17, 15) is 8.42 Å². The Hall–Kier alpha value is -2.70. The number of ether oxygens (including phenoxy) is 1. The van der Waals surface area contributed by atoms with Gasteiger partial charge in [-0.05, 0) is 54.8 Å². The molecule has 0 unspecified atom stereocenters. The zero-order valence-corrected chi connectivity index (χ0v) is 15.2. The third-order valence-electron chi connectivity index (χ3n) is 3.08. The minimum absolute atomic E-state index is 0.112. The summed E-state index contributed by atoms with van der Waals surface area (Å²) in [6.45, 7) is 0. The summed E-state index contributed by atoms with van der Waals surface area (Å²) < 4.78 is 32.4. The summed E-state index contributed by atoms with van der Waals surface area (Å²) in [7, 11) is -2.17. The van der Waals surface area contributed by atoms with Gasteiger partial charge in [0.25, 0.3) is 10.0 Å². The Morgan fingerprint density at radius 3 is 2.32 bits per heavy atom. The number of aliphatic imine (C=N–C) groups is 1. The highest BCUT2D eigenvalue weighted by Crippen LogP contribution is 2.21. The van der Waals surface area contributed by atoms with E-state index in [-0.39, 0.29) is 4.90 Å². The number of thioether (sulfide) groups is 1. The van der Waals surface area contributed by atoms with Gasteiger partial charge in [0, 0.05) is 5.69 Å². The summed E-state index contributed by atoms with van der Waals surface area (Å²) in [4.78, 5) is 4.32. The normalized spacial score (nSPS) is 11.5. The first-order chi connectivity index (χ1) is 12.0. The minimum Gasteiger partial charge on any atom is -0.497 e. The first-order valence-electron chi connectivity index (χ1n) is 7.03. The summed E-state index contributed by atoms with van der Waals surface area (Å²) in [5, 5.41) is 11.5. The molecule has 0 aliphatic carbocycles. The zero-order valence-electron chi connectivity index (χ0n) is 13.6. The van der Waals surface area contributed by atoms with Crippen LogP contribution in [0.3, 0.4) is 0 Å². The standard InChI is InChI=1S/C16H16N4O3S2/c1-23-14-7-3-13(4-8-14)20-25(21,22)15-9-5-12(6-10-15)19-16(24-2)18-11-17/h3-10,20H,1-2H3,(H,18,19). The van der Waals surface area contributed by atoms with E-state index in [0.29, 0.717) is 22.3 Å². The molecule has 2 aromatic rings. The molecule has 130 valence electrons. The molecular weight excluding hydrogens is 360 g/mol. The summed E-state index contributed by atoms with van der Waals surface area (Å²) in [6.07, 6.45) is 3.57. The first-order valence-corrected chi connectivity index (χ1v) is 9.74. The van der Waals surface area contributed by atoms with Crippen LogP contribution in [-0.4, -0.2) is 27.0 Å². The van der Waals surface area contributed by atoms with Crippen LogP contribution in [0.25, 0.3) is 0 Å². The molecule has 2 rings (SSSR count). The predicted molar refractivity (Wildman–Crippen MR) is 99.6 cm³/mol. The Balaban J connectivity index is 2.18. The SMILES string of the molecule is COc1ccc(NS(=O)(=O)c2ccc(N=C(NC#N)SC)cc2)cc1. The van der Waals surface area contributed by atoms with Gasteiger partial charge in [0.2, 0.25) is 0 Å². The van der Waals surface area contributed by atoms with E-state index >= 15 is 0 Å². The lowest BCUT2D eigenvalue weighted by Gasteiger charge is -2.09. The van der Waals surface area contributed by atoms with Gasteiger partial charge in [0.15, 0.2) is 11.4 Å². The van der Waals surface area contributed by atoms with Crippen molar-refractivity contribution in [2.45, 2.75) is 4.90 Å². The van der Waals surface area contributed by atoms with Gasteiger partial charge in [-0.15, -0.1) is 0 Å². The maximum atomic E-state index is 12.4. The largest absolute Gasteiger partial charge is 0.497 e. The molecule has 0 spiro atoms. The zero-order chi connectivity index (χ0) is 18.3. The molecule has 2 N–H and O–H groups in total. The molecule has 0 aromatic heterocycles. The smallest absolute Gasteiger partial charge is 0.261 e. The Bertz CT molecular complexity index is 886. The molecule has 0 radical (unpaired) electrons. The van der Waals surface area contributed by atoms with Crippen molar-refractivity contribution < 1.29 is 13.2 Å². The number of nitriles is 1. The van der Waals surface area contributed by atoms with Gasteiger partial charge in [-0.1, -0.05) is 11.8 Å². The predicted octanol–water partition coefficient (Wildman–Crippen LogP) is 2.92. The number of rotatable bonds is 5. The number of methoxy groups -OCH3 is 1. The number of nitrogens with one attached hydrogen (secondary N) is 2. The second-order valence-electron chi connectivity index (χ2n) is 4.69. The fourth-order valence-electron chi connectivity index (χ4n) is 1.86. The van der Waals surface area contributed by atoms with Crippen LogP contribution in [0.15, 0.2) is 58.4 Å². The van der Waals surface area contributed by atoms with Crippen LogP contribution in [0.5, 0.6) is 5.75 Å². The van der Waals surface area contributed by atoms with Gasteiger partial charge in [0.1, 0.15) is 5.75 Å². The quantitative estimate of drug-likeness (QED) is 0.360. The van der Waals surface area contributed by atoms with E-state index in [0.717, 1.165) is 0 Å². The molecule has 25 heavy (non-hydrogen) atoms. The van der Waals surface area contributed by atoms with Gasteiger partial charge in [-0.2, -0.15) is 5.26 Å². The summed E-state index contributed by atoms with van der Waals surface area (Å²) in [5.41, 5.74) is 0.973. The topological polar surface area (TPSA) is 104 Å². The molecule has 0 atom stereocenters. The van der Waals surface area contributed by atoms with Gasteiger partial charge < -0.3 is 4.74 Å². The average Bonchev–Trinajstić information content (AvgIpc) is 2.62. The number of hydrogen-bond acceptors (Lipinski definition) is 6. The Kier molecular flexibility index (Phi) is 6.27. The first kappa shape index (κ1) is 18.6. The molecule has 0 aliphatic heterocycles. The second kappa shape index (κ2) is 8.41. The highest BCUT2D eigenvalue weighted by atomic mass is 32.2. The van der Waals surface area contributed by atoms with Gasteiger partial charge >= 0.3 is 0 Å². The minimum atomic E-state index is -3.71. The number of benzene rings is 2. The number of sulfonamides is 1. The molecule has 0 bridgehead atoms. The fourth-order valence-corrected chi connectivity index (χ4v) is 3.27. The van der Waals surface area contributed by atoms with Crippen LogP contribution in [0.2, 0.25) is 0 Å². The van der Waals surface area contributed by atoms with Crippen molar-refractivity contribution in [3.8, 4) is 11.9 Å². The maximum Gasteiger partial charge on any atom is 0.261 e. The van der Waals surface area contributed by atoms with E-state index in [1.54, 1.807) is 48.8 Å². The van der Waals surface area contributed by atoms with Crippen molar-refractivity contribution in [2.24, 2.45) is 4.99 Å². The molecule has 0 fully saturated rings. The molecule has 2 aromatic carbocycles. The number of hydrogen-bond donors (Lipinski definition) is 2. The van der Waals surface area contributed by atoms with E-state index in [2.05, 4.69) is 15.0 Å². The average molecular weight is 376 g/mol. The van der Waals surface area contributed by atoms with Crippen molar-refractivity contribution in [2.75, 3.05) is 18.1 Å². The van der Waals surface area contributed by atoms with Gasteiger partial charge in [-0.3, -0.25) is 10.0 Å². The molecule has 0 amide bonds. The maximum absolute atomic E-state index is 12.4. The Morgan fingerprint density at radius 2 is 1.80 bits per heavy atom. The number of anilines is 1. The third kappa shape index (κ3) is 5.14. The van der Waals surface area contributed by atoms with Crippen LogP contribution in [-0.2, 0) is 10.0 Å². The number of nitrogens with zero attached hydrogens (tertiary/aromatic N) is 2. The van der Waals surface area contributed by atoms with Crippen molar-refractivity contribution in [1.29, 1.82) is 5.26 Å². The Labute approximate surface area is 150 Å². The Morgan fingerprint density at radius 1 is 1.16 bits per heavy atom. The van der Waals surface area contributed by atoms with Crippen LogP contribution in [0.1, 0.15) is 0 Å². The van der Waals surface area contributed by atoms with E-state index < -0.39 is 10.0 Å². The fraction of sp³-hybridized carbons (Fsp3) is 0.125. The van der Waals surface area contributed by atoms with Crippen molar-refractivity contribution in [1.82, 2.24) is 5.32 Å². The molecule has 0 aliphatic rings. The molecule has 0 heterocycles. The summed E-state index contributed by atoms with van der Waals surface area (Å²) in [6, 6.07) is 12.6. The van der Waals surface area contributed by atoms with E-state index in [1.807, 2.05) is 0 Å². The molecule has 0 saturated carbocycles. The highest BCUT2D eigenvalue weighted by Gasteiger charge is 2.14. The lowest BCUT2D eigenvalue weighted by molar-refractivity contribution is 0.415. The van der Waals surface area contributed by atoms with Crippen LogP contribution < -0.4 is 14.8 Å². The van der Waals surface area contributed by atoms with Crippen LogP contribution in [0, 0.1) is 11.5 Å². The van der Waals surface area contributed by atoms with Crippen molar-refractivity contribution >= 4 is 38.3 Å². The molecular formula is C16H16N4O3S2. The van der Waals surface area contributed by atoms with Gasteiger partial charge in [-0.25, -0.2) is 13.4 Å². The van der Waals surface area contributed by atoms with Crippen LogP contribution >= 0.6 is 11.8 Å². The second-order valence-corrected chi connectivity index (χ2v) is 7.16. The van der Waals surface area contributed by atoms with E-state index in [4.69, 9.17) is 10.00 Å². The molecule has 9 heteroatoms. The van der Waals surface area contributed by atoms with Crippen molar-refractivity contribution in [3.63, 3.8) is 0 Å². The lowest BCUT2D eigenvalue weighted by atomic mass is 10.3. The third-order valence-corrected chi connectivity index (χ3v) is 5.05. The summed E-state index contributed by atoms with van der Waals surface area (Å²) >= 11 is 1.28. The lowest BCUT2D eigenvalue weighted by Crippen LogP contribution is -2.13. The highest BCUT2D eigenvalue weighted by molar-refractivity contribution is 8.13. The van der Waals surface area contributed by atoms with E-state index in [1.165, 1.54) is 31.0 Å². The van der Waals surface area contributed by atoms with Crippen molar-refractivity contribution in [3.05, 3.63) is 48.5 Å². The molecule has 7 nitrogen and oxygen atoms in total. The number of amidine groups is 1. The summed E-state index contributed by atoms with van der Waals surface area (Å²) in [5.74, 6) is 0.640.